The van der Waals surface area contributed by atoms with Gasteiger partial charge in [-0.05, 0) is 18.9 Å². The molecular weight excluding hydrogens is 120 g/mol. The van der Waals surface area contributed by atoms with Gasteiger partial charge in [0.25, 0.3) is 0 Å². The fraction of sp³-hybridized carbons (Fsp3) is 0.400. The highest BCUT2D eigenvalue weighted by atomic mass is 13.9. The predicted molar refractivity (Wildman–Crippen MR) is 47.3 cm³/mol. The van der Waals surface area contributed by atoms with Gasteiger partial charge in [0.2, 0.25) is 0 Å². The molecule has 0 saturated heterocycles. The molecule has 1 aromatic carbocycles. The summed E-state index contributed by atoms with van der Waals surface area (Å²) in [6.45, 7) is 4.33. The third-order valence-corrected chi connectivity index (χ3v) is 1.66. The van der Waals surface area contributed by atoms with Crippen LogP contribution < -0.4 is 0 Å². The zero-order valence-electron chi connectivity index (χ0n) is 8.72. The van der Waals surface area contributed by atoms with Crippen molar-refractivity contribution in [3.63, 3.8) is 0 Å². The Kier molecular flexibility index (Phi) is 2.03. The fourth-order valence-corrected chi connectivity index (χ4v) is 1.04. The monoisotopic (exact) mass is 140 g/mol. The Hall–Kier alpha value is -0.780. The highest BCUT2D eigenvalue weighted by molar-refractivity contribution is 5.21. The van der Waals surface area contributed by atoms with Gasteiger partial charge in [0, 0.05) is 2.97 Å². The zero-order valence-corrected chi connectivity index (χ0v) is 6.72. The highest BCUT2D eigenvalue weighted by Gasteiger charge is 1.87. The quantitative estimate of drug-likeness (QED) is 0.591. The lowest BCUT2D eigenvalue weighted by Crippen LogP contribution is -1.81. The van der Waals surface area contributed by atoms with Gasteiger partial charge in [-0.25, -0.2) is 0 Å². The van der Waals surface area contributed by atoms with Crippen LogP contribution in [0.15, 0.2) is 24.3 Å². The first kappa shape index (κ1) is 5.96. The summed E-state index contributed by atoms with van der Waals surface area (Å²) in [6, 6.07) is 8.76. The molecule has 56 valence electrons. The molecule has 0 spiro atoms. The van der Waals surface area contributed by atoms with Gasteiger partial charge in [-0.2, -0.15) is 0 Å². The predicted octanol–water partition coefficient (Wildman–Crippen LogP) is 3.19. The lowest BCUT2D eigenvalue weighted by atomic mass is 10.1. The van der Waals surface area contributed by atoms with Crippen molar-refractivity contribution in [3.8, 4) is 0 Å². The Bertz CT molecular complexity index is 191. The number of rotatable bonds is 2. The molecule has 0 fully saturated rings. The summed E-state index contributed by atoms with van der Waals surface area (Å²) in [4.78, 5) is 0. The maximum atomic E-state index is 5.00. The molecule has 10 heavy (non-hydrogen) atoms. The van der Waals surface area contributed by atoms with Gasteiger partial charge in [0.1, 0.15) is 0 Å². The van der Waals surface area contributed by atoms with Gasteiger partial charge < -0.3 is 0 Å². The van der Waals surface area contributed by atoms with Crippen LogP contribution in [0, 0.1) is 6.92 Å². The molecule has 1 aromatic rings. The molecule has 0 aliphatic rings. The van der Waals surface area contributed by atoms with E-state index in [2.05, 4.69) is 38.1 Å². The van der Waals surface area contributed by atoms with E-state index in [1.54, 1.807) is 0 Å². The van der Waals surface area contributed by atoms with Crippen molar-refractivity contribution in [1.29, 1.82) is 0 Å². The van der Waals surface area contributed by atoms with Crippen LogP contribution in [-0.2, 0) is 6.42 Å². The van der Waals surface area contributed by atoms with Crippen molar-refractivity contribution in [3.05, 3.63) is 35.4 Å². The molecule has 0 heterocycles. The largest absolute Gasteiger partial charge is 0.0651 e. The third-order valence-electron chi connectivity index (χ3n) is 1.66. The molecule has 0 N–H and O–H groups in total. The Morgan fingerprint density at radius 3 is 2.40 bits per heavy atom. The molecule has 0 saturated carbocycles. The van der Waals surface area contributed by atoms with Crippen LogP contribution in [0.25, 0.3) is 0 Å². The van der Waals surface area contributed by atoms with E-state index in [1.165, 1.54) is 24.0 Å². The molecule has 0 aliphatic carbocycles. The van der Waals surface area contributed by atoms with E-state index < -0.39 is 0 Å². The molecule has 0 radical (unpaired) electrons. The molecule has 1 rings (SSSR count). The smallest absolute Gasteiger partial charge is 0 e. The minimum absolute atomic E-state index is 1.21. The maximum absolute atomic E-state index is 5.00. The Balaban J connectivity index is 0.000000561. The van der Waals surface area contributed by atoms with Crippen LogP contribution in [0.4, 0.5) is 0 Å². The Morgan fingerprint density at radius 2 is 1.90 bits per heavy atom. The summed E-state index contributed by atoms with van der Waals surface area (Å²) in [6.07, 6.45) is 2.45. The van der Waals surface area contributed by atoms with Gasteiger partial charge in [-0.1, -0.05) is 43.2 Å². The second-order valence-corrected chi connectivity index (χ2v) is 2.74. The van der Waals surface area contributed by atoms with Gasteiger partial charge in [-0.15, -0.1) is 0 Å². The number of hydrogen-bond donors (Lipinski definition) is 0. The minimum Gasteiger partial charge on any atom is -0.0651 e. The molecule has 0 atom stereocenters. The maximum Gasteiger partial charge on any atom is 0 e. The van der Waals surface area contributed by atoms with Crippen LogP contribution in [0.1, 0.15) is 27.4 Å². The first-order valence-corrected chi connectivity index (χ1v) is 3.88. The van der Waals surface area contributed by atoms with Crippen LogP contribution in [0.5, 0.6) is 0 Å². The van der Waals surface area contributed by atoms with E-state index in [1.807, 2.05) is 0 Å². The van der Waals surface area contributed by atoms with Gasteiger partial charge in [-0.3, -0.25) is 0 Å². The normalized spacial score (nSPS) is 10.6. The summed E-state index contributed by atoms with van der Waals surface area (Å²) < 4.78 is 10.0. The van der Waals surface area contributed by atoms with Crippen molar-refractivity contribution < 1.29 is 2.97 Å². The first-order valence-electron chi connectivity index (χ1n) is 4.88. The molecule has 0 aromatic heterocycles. The average molecular weight is 140 g/mol. The molecule has 0 amide bonds. The lowest BCUT2D eigenvalue weighted by Gasteiger charge is -1.97. The Labute approximate surface area is 66.0 Å². The van der Waals surface area contributed by atoms with Crippen molar-refractivity contribution in [2.24, 2.45) is 0 Å². The minimum atomic E-state index is 1.21. The van der Waals surface area contributed by atoms with Crippen LogP contribution >= 0.6 is 0 Å². The summed E-state index contributed by atoms with van der Waals surface area (Å²) in [7, 11) is 0. The highest BCUT2D eigenvalue weighted by Crippen LogP contribution is 2.04. The van der Waals surface area contributed by atoms with E-state index in [4.69, 9.17) is 2.97 Å². The lowest BCUT2D eigenvalue weighted by molar-refractivity contribution is 0.921. The molecule has 0 heteroatoms. The molecule has 0 bridgehead atoms. The fourth-order valence-electron chi connectivity index (χ4n) is 1.04. The van der Waals surface area contributed by atoms with Gasteiger partial charge >= 0.3 is 0 Å². The second kappa shape index (κ2) is 3.40. The van der Waals surface area contributed by atoms with Gasteiger partial charge in [0.05, 0.1) is 0 Å². The molecule has 0 unspecified atom stereocenters. The number of aryl methyl sites for hydroxylation is 2. The summed E-state index contributed by atoms with van der Waals surface area (Å²) in [5.74, 6) is 0. The standard InChI is InChI=1S/C10H14.H2/c1-3-4-10-7-5-9(2)6-8-10;/h5-8H,3-4H2,1-2H3;1H/i;1+2T. The molecule has 0 nitrogen and oxygen atoms in total. The number of benzene rings is 1. The third kappa shape index (κ3) is 1.87. The van der Waals surface area contributed by atoms with Crippen LogP contribution in [-0.4, -0.2) is 0 Å². The van der Waals surface area contributed by atoms with Gasteiger partial charge in [0.15, 0.2) is 0 Å². The van der Waals surface area contributed by atoms with Crippen molar-refractivity contribution in [1.82, 2.24) is 0 Å². The van der Waals surface area contributed by atoms with Crippen molar-refractivity contribution >= 4 is 0 Å². The average Bonchev–Trinajstić information content (AvgIpc) is 2.13. The van der Waals surface area contributed by atoms with Crippen LogP contribution in [0.3, 0.4) is 0 Å². The first-order chi connectivity index (χ1) is 5.83. The second-order valence-electron chi connectivity index (χ2n) is 2.74. The Morgan fingerprint density at radius 1 is 1.30 bits per heavy atom. The summed E-state index contributed by atoms with van der Waals surface area (Å²) >= 11 is 0. The summed E-state index contributed by atoms with van der Waals surface area (Å²) in [5, 5.41) is 0. The topological polar surface area (TPSA) is 0 Å². The van der Waals surface area contributed by atoms with E-state index in [0.717, 1.165) is 0 Å². The van der Waals surface area contributed by atoms with E-state index in [9.17, 15) is 0 Å². The number of hydrogen-bond acceptors (Lipinski definition) is 0. The van der Waals surface area contributed by atoms with E-state index >= 15 is 0 Å². The van der Waals surface area contributed by atoms with E-state index in [-0.39, 0.29) is 0 Å². The van der Waals surface area contributed by atoms with E-state index in [0.29, 0.717) is 0 Å². The summed E-state index contributed by atoms with van der Waals surface area (Å²) in [5.41, 5.74) is 2.80. The van der Waals surface area contributed by atoms with Crippen LogP contribution in [0.2, 0.25) is 0 Å². The van der Waals surface area contributed by atoms with Crippen molar-refractivity contribution in [2.75, 3.05) is 0 Å². The molecular formula is C10H16. The van der Waals surface area contributed by atoms with Crippen molar-refractivity contribution in [2.45, 2.75) is 26.7 Å². The SMILES string of the molecule is CCCc1ccc(C)cc1.[3H][3H]. The zero-order chi connectivity index (χ0) is 9.40. The molecule has 0 aliphatic heterocycles.